The van der Waals surface area contributed by atoms with Crippen LogP contribution in [0.25, 0.3) is 11.0 Å². The molecule has 0 spiro atoms. The topological polar surface area (TPSA) is 169 Å². The third kappa shape index (κ3) is 5.85. The summed E-state index contributed by atoms with van der Waals surface area (Å²) < 4.78 is 39.6. The van der Waals surface area contributed by atoms with Gasteiger partial charge in [-0.15, -0.1) is 0 Å². The number of methoxy groups -OCH3 is 1. The molecule has 5 rings (SSSR count). The molecule has 0 aliphatic heterocycles. The van der Waals surface area contributed by atoms with Gasteiger partial charge in [-0.1, -0.05) is 23.4 Å². The highest BCUT2D eigenvalue weighted by molar-refractivity contribution is 7.92. The van der Waals surface area contributed by atoms with Crippen molar-refractivity contribution in [3.63, 3.8) is 0 Å². The van der Waals surface area contributed by atoms with Crippen LogP contribution in [0.15, 0.2) is 82.2 Å². The normalized spacial score (nSPS) is 11.3. The van der Waals surface area contributed by atoms with Crippen LogP contribution < -0.4 is 20.1 Å². The Bertz CT molecular complexity index is 1800. The quantitative estimate of drug-likeness (QED) is 0.205. The number of nitrogens with zero attached hydrogens (tertiary/aromatic N) is 3. The molecular weight excluding hydrogens is 536 g/mol. The van der Waals surface area contributed by atoms with E-state index in [1.165, 1.54) is 31.4 Å². The molecule has 5 aromatic rings. The van der Waals surface area contributed by atoms with E-state index in [0.29, 0.717) is 33.8 Å². The van der Waals surface area contributed by atoms with Gasteiger partial charge in [0.15, 0.2) is 17.3 Å². The molecule has 0 saturated heterocycles. The molecular formula is C27H24N6O6S. The van der Waals surface area contributed by atoms with E-state index < -0.39 is 15.9 Å². The van der Waals surface area contributed by atoms with E-state index in [-0.39, 0.29) is 34.5 Å². The van der Waals surface area contributed by atoms with E-state index in [1.54, 1.807) is 55.5 Å². The number of aryl methyl sites for hydroxylation is 1. The van der Waals surface area contributed by atoms with Crippen molar-refractivity contribution in [3.8, 4) is 5.75 Å². The lowest BCUT2D eigenvalue weighted by Gasteiger charge is -2.15. The molecule has 2 aromatic heterocycles. The van der Waals surface area contributed by atoms with Crippen molar-refractivity contribution >= 4 is 50.0 Å². The first-order chi connectivity index (χ1) is 19.2. The Balaban J connectivity index is 1.47. The molecule has 0 aliphatic rings. The summed E-state index contributed by atoms with van der Waals surface area (Å²) in [5.74, 6) is 0.481. The fraction of sp³-hybridized carbons (Fsp3) is 0.111. The van der Waals surface area contributed by atoms with Crippen molar-refractivity contribution in [2.45, 2.75) is 18.4 Å². The predicted molar refractivity (Wildman–Crippen MR) is 148 cm³/mol. The van der Waals surface area contributed by atoms with E-state index in [4.69, 9.17) is 9.26 Å². The molecule has 0 bridgehead atoms. The summed E-state index contributed by atoms with van der Waals surface area (Å²) in [6, 6.07) is 19.3. The van der Waals surface area contributed by atoms with Gasteiger partial charge in [-0.25, -0.2) is 18.4 Å². The number of ether oxygens (including phenoxy) is 1. The first kappa shape index (κ1) is 26.6. The molecule has 13 heteroatoms. The van der Waals surface area contributed by atoms with E-state index in [0.717, 1.165) is 0 Å². The van der Waals surface area contributed by atoms with Gasteiger partial charge in [-0.2, -0.15) is 0 Å². The molecule has 0 atom stereocenters. The summed E-state index contributed by atoms with van der Waals surface area (Å²) in [4.78, 5) is 21.4. The number of amides is 1. The fourth-order valence-electron chi connectivity index (χ4n) is 3.83. The van der Waals surface area contributed by atoms with Gasteiger partial charge in [0.2, 0.25) is 0 Å². The number of fused-ring (bicyclic) bond motifs is 1. The van der Waals surface area contributed by atoms with E-state index in [1.807, 2.05) is 0 Å². The van der Waals surface area contributed by atoms with Crippen LogP contribution in [0.1, 0.15) is 21.8 Å². The average Bonchev–Trinajstić information content (AvgIpc) is 3.39. The zero-order valence-corrected chi connectivity index (χ0v) is 22.2. The number of nitrogens with one attached hydrogen (secondary N) is 3. The van der Waals surface area contributed by atoms with Gasteiger partial charge >= 0.3 is 0 Å². The van der Waals surface area contributed by atoms with E-state index in [9.17, 15) is 18.3 Å². The first-order valence-electron chi connectivity index (χ1n) is 11.9. The maximum Gasteiger partial charge on any atom is 0.277 e. The van der Waals surface area contributed by atoms with Gasteiger partial charge in [0.05, 0.1) is 29.6 Å². The molecule has 1 amide bonds. The largest absolute Gasteiger partial charge is 0.497 e. The van der Waals surface area contributed by atoms with Crippen molar-refractivity contribution < 1.29 is 27.6 Å². The number of carbonyl (C=O) groups excluding carboxylic acids is 1. The Kier molecular flexibility index (Phi) is 7.31. The van der Waals surface area contributed by atoms with Crippen molar-refractivity contribution in [1.82, 2.24) is 15.1 Å². The number of aliphatic hydroxyl groups is 1. The molecule has 2 heterocycles. The van der Waals surface area contributed by atoms with Crippen molar-refractivity contribution in [2.24, 2.45) is 0 Å². The number of hydrogen-bond acceptors (Lipinski definition) is 10. The van der Waals surface area contributed by atoms with Crippen LogP contribution in [-0.2, 0) is 16.6 Å². The number of benzene rings is 3. The van der Waals surface area contributed by atoms with Crippen molar-refractivity contribution in [3.05, 3.63) is 89.8 Å². The zero-order chi connectivity index (χ0) is 28.3. The number of hydrogen-bond donors (Lipinski definition) is 4. The lowest BCUT2D eigenvalue weighted by molar-refractivity contribution is 0.101. The highest BCUT2D eigenvalue weighted by Gasteiger charge is 2.21. The standard InChI is InChI=1S/C27H24N6O6S/c1-16-10-24(32-39-16)27(35)29-18-6-5-7-21(14-18)40(36,37)33-26-25(30-22-8-3-4-9-23(22)31-26)28-19-11-17(15-34)12-20(13-19)38-2/h3-14,34H,15H2,1-2H3,(H,28,30)(H,29,35)(H,31,33). The lowest BCUT2D eigenvalue weighted by atomic mass is 10.2. The van der Waals surface area contributed by atoms with Crippen LogP contribution in [0.5, 0.6) is 5.75 Å². The molecule has 0 unspecified atom stereocenters. The van der Waals surface area contributed by atoms with Crippen LogP contribution >= 0.6 is 0 Å². The Morgan fingerprint density at radius 3 is 2.38 bits per heavy atom. The molecule has 12 nitrogen and oxygen atoms in total. The second-order valence-corrected chi connectivity index (χ2v) is 10.4. The number of aliphatic hydroxyl groups excluding tert-OH is 1. The van der Waals surface area contributed by atoms with Crippen LogP contribution in [0.2, 0.25) is 0 Å². The summed E-state index contributed by atoms with van der Waals surface area (Å²) in [5, 5.41) is 19.0. The molecule has 204 valence electrons. The Morgan fingerprint density at radius 1 is 0.950 bits per heavy atom. The van der Waals surface area contributed by atoms with Gasteiger partial charge in [0.1, 0.15) is 11.5 Å². The molecule has 4 N–H and O–H groups in total. The third-order valence-corrected chi connectivity index (χ3v) is 7.05. The monoisotopic (exact) mass is 560 g/mol. The third-order valence-electron chi connectivity index (χ3n) is 5.71. The van der Waals surface area contributed by atoms with Crippen LogP contribution in [0.3, 0.4) is 0 Å². The Labute approximate surface area is 229 Å². The SMILES string of the molecule is COc1cc(CO)cc(Nc2nc3ccccc3nc2NS(=O)(=O)c2cccc(NC(=O)c3cc(C)on3)c2)c1. The van der Waals surface area contributed by atoms with Gasteiger partial charge in [0, 0.05) is 23.5 Å². The van der Waals surface area contributed by atoms with Crippen molar-refractivity contribution in [1.29, 1.82) is 0 Å². The highest BCUT2D eigenvalue weighted by atomic mass is 32.2. The smallest absolute Gasteiger partial charge is 0.277 e. The van der Waals surface area contributed by atoms with Gasteiger partial charge in [0.25, 0.3) is 15.9 Å². The minimum Gasteiger partial charge on any atom is -0.497 e. The first-order valence-corrected chi connectivity index (χ1v) is 13.4. The number of para-hydroxylation sites is 2. The Morgan fingerprint density at radius 2 is 1.70 bits per heavy atom. The highest BCUT2D eigenvalue weighted by Crippen LogP contribution is 2.30. The molecule has 40 heavy (non-hydrogen) atoms. The maximum atomic E-state index is 13.5. The Hall–Kier alpha value is -5.01. The van der Waals surface area contributed by atoms with Crippen LogP contribution in [0, 0.1) is 6.92 Å². The second kappa shape index (κ2) is 11.0. The fourth-order valence-corrected chi connectivity index (χ4v) is 4.89. The minimum absolute atomic E-state index is 0.0559. The minimum atomic E-state index is -4.18. The molecule has 0 radical (unpaired) electrons. The summed E-state index contributed by atoms with van der Waals surface area (Å²) >= 11 is 0. The number of rotatable bonds is 9. The molecule has 0 fully saturated rings. The number of sulfonamides is 1. The predicted octanol–water partition coefficient (Wildman–Crippen LogP) is 4.22. The summed E-state index contributed by atoms with van der Waals surface area (Å²) in [6.45, 7) is 1.43. The average molecular weight is 561 g/mol. The van der Waals surface area contributed by atoms with Gasteiger partial charge < -0.3 is 25.0 Å². The lowest BCUT2D eigenvalue weighted by Crippen LogP contribution is -2.17. The van der Waals surface area contributed by atoms with Gasteiger partial charge in [-0.3, -0.25) is 9.52 Å². The molecule has 0 aliphatic carbocycles. The van der Waals surface area contributed by atoms with E-state index >= 15 is 0 Å². The number of anilines is 4. The van der Waals surface area contributed by atoms with Gasteiger partial charge in [-0.05, 0) is 55.0 Å². The second-order valence-electron chi connectivity index (χ2n) is 8.67. The maximum absolute atomic E-state index is 13.5. The van der Waals surface area contributed by atoms with Crippen LogP contribution in [0.4, 0.5) is 23.0 Å². The number of carbonyl (C=O) groups is 1. The molecule has 0 saturated carbocycles. The van der Waals surface area contributed by atoms with Crippen molar-refractivity contribution in [2.75, 3.05) is 22.5 Å². The molecule has 3 aromatic carbocycles. The zero-order valence-electron chi connectivity index (χ0n) is 21.4. The number of aromatic nitrogens is 3. The summed E-state index contributed by atoms with van der Waals surface area (Å²) in [7, 11) is -2.68. The van der Waals surface area contributed by atoms with E-state index in [2.05, 4.69) is 30.5 Å². The summed E-state index contributed by atoms with van der Waals surface area (Å²) in [6.07, 6.45) is 0. The van der Waals surface area contributed by atoms with Crippen LogP contribution in [-0.4, -0.2) is 41.7 Å². The summed E-state index contributed by atoms with van der Waals surface area (Å²) in [5.41, 5.74) is 2.39.